The number of carbonyl (C=O) groups is 2. The molecule has 4 fully saturated rings. The van der Waals surface area contributed by atoms with Crippen LogP contribution in [0, 0.1) is 5.92 Å². The van der Waals surface area contributed by atoms with Gasteiger partial charge in [-0.05, 0) is 31.2 Å². The van der Waals surface area contributed by atoms with Crippen molar-refractivity contribution in [3.05, 3.63) is 29.2 Å². The maximum atomic E-state index is 12.6. The van der Waals surface area contributed by atoms with Crippen molar-refractivity contribution in [1.29, 1.82) is 0 Å². The van der Waals surface area contributed by atoms with Gasteiger partial charge in [-0.1, -0.05) is 0 Å². The molecule has 2 bridgehead atoms. The lowest BCUT2D eigenvalue weighted by Gasteiger charge is -2.66. The molecule has 0 aromatic carbocycles. The molecule has 11 heteroatoms. The van der Waals surface area contributed by atoms with Crippen LogP contribution in [0.3, 0.4) is 0 Å². The molecule has 2 atom stereocenters. The number of anilines is 1. The number of carbonyl (C=O) groups excluding carboxylic acids is 1. The van der Waals surface area contributed by atoms with Gasteiger partial charge in [0.1, 0.15) is 11.8 Å². The summed E-state index contributed by atoms with van der Waals surface area (Å²) in [6.07, 6.45) is 2.33. The van der Waals surface area contributed by atoms with E-state index in [-0.39, 0.29) is 23.6 Å². The highest BCUT2D eigenvalue weighted by Crippen LogP contribution is 2.61. The number of methoxy groups -OCH3 is 1. The van der Waals surface area contributed by atoms with Crippen LogP contribution in [0.15, 0.2) is 12.1 Å². The Morgan fingerprint density at radius 3 is 2.84 bits per heavy atom. The number of aromatic nitrogens is 4. The van der Waals surface area contributed by atoms with Gasteiger partial charge in [-0.15, -0.1) is 0 Å². The van der Waals surface area contributed by atoms with Crippen LogP contribution in [0.1, 0.15) is 53.7 Å². The molecule has 2 amide bonds. The molecule has 166 valence electrons. The van der Waals surface area contributed by atoms with Crippen molar-refractivity contribution >= 4 is 17.8 Å². The van der Waals surface area contributed by atoms with E-state index >= 15 is 0 Å². The second kappa shape index (κ2) is 7.34. The molecule has 0 radical (unpaired) electrons. The van der Waals surface area contributed by atoms with Gasteiger partial charge < -0.3 is 19.9 Å². The number of hydrogen-bond acceptors (Lipinski definition) is 6. The molecule has 1 aliphatic heterocycles. The molecule has 3 N–H and O–H groups in total. The van der Waals surface area contributed by atoms with Gasteiger partial charge in [-0.3, -0.25) is 19.5 Å². The molecule has 3 heterocycles. The monoisotopic (exact) mass is 430 g/mol. The lowest BCUT2D eigenvalue weighted by molar-refractivity contribution is -0.142. The van der Waals surface area contributed by atoms with Crippen LogP contribution in [0.5, 0.6) is 0 Å². The Balaban J connectivity index is 1.23. The molecular formula is C20H26N6O5. The number of hydrogen-bond donors (Lipinski definition) is 3. The largest absolute Gasteiger partial charge is 0.465 e. The van der Waals surface area contributed by atoms with Crippen LogP contribution in [0.2, 0.25) is 0 Å². The summed E-state index contributed by atoms with van der Waals surface area (Å²) in [7, 11) is 3.26. The number of amides is 2. The minimum atomic E-state index is -0.867. The highest BCUT2D eigenvalue weighted by atomic mass is 16.5. The molecule has 2 aromatic heterocycles. The molecule has 0 unspecified atom stereocenters. The number of aryl methyl sites for hydroxylation is 1. The normalized spacial score (nSPS) is 28.6. The quantitative estimate of drug-likeness (QED) is 0.611. The summed E-state index contributed by atoms with van der Waals surface area (Å²) < 4.78 is 12.4. The maximum absolute atomic E-state index is 12.6. The summed E-state index contributed by atoms with van der Waals surface area (Å²) in [5, 5.41) is 23.8. The Labute approximate surface area is 178 Å². The molecule has 4 aliphatic rings. The summed E-state index contributed by atoms with van der Waals surface area (Å²) in [6, 6.07) is 3.23. The van der Waals surface area contributed by atoms with Gasteiger partial charge in [0.05, 0.1) is 30.6 Å². The topological polar surface area (TPSA) is 135 Å². The lowest BCUT2D eigenvalue weighted by atomic mass is 9.49. The van der Waals surface area contributed by atoms with Crippen LogP contribution in [0.25, 0.3) is 0 Å². The lowest BCUT2D eigenvalue weighted by Crippen LogP contribution is -2.71. The average Bonchev–Trinajstić information content (AvgIpc) is 3.36. The Hall–Kier alpha value is -2.92. The summed E-state index contributed by atoms with van der Waals surface area (Å²) in [5.41, 5.74) is 1.60. The predicted molar refractivity (Wildman–Crippen MR) is 107 cm³/mol. The number of H-pyrrole nitrogens is 1. The first-order valence-corrected chi connectivity index (χ1v) is 10.4. The molecule has 1 saturated heterocycles. The highest BCUT2D eigenvalue weighted by Gasteiger charge is 2.63. The van der Waals surface area contributed by atoms with E-state index in [1.165, 1.54) is 4.68 Å². The molecule has 2 aromatic rings. The van der Waals surface area contributed by atoms with E-state index in [1.54, 1.807) is 31.2 Å². The second-order valence-corrected chi connectivity index (χ2v) is 8.81. The van der Waals surface area contributed by atoms with Crippen molar-refractivity contribution in [3.63, 3.8) is 0 Å². The van der Waals surface area contributed by atoms with Gasteiger partial charge in [0.25, 0.3) is 5.91 Å². The Morgan fingerprint density at radius 1 is 1.42 bits per heavy atom. The number of rotatable bonds is 7. The van der Waals surface area contributed by atoms with E-state index < -0.39 is 6.09 Å². The van der Waals surface area contributed by atoms with E-state index in [2.05, 4.69) is 20.6 Å². The summed E-state index contributed by atoms with van der Waals surface area (Å²) in [6.45, 7) is 0.685. The molecule has 31 heavy (non-hydrogen) atoms. The van der Waals surface area contributed by atoms with E-state index in [0.717, 1.165) is 19.3 Å². The Morgan fingerprint density at radius 2 is 2.19 bits per heavy atom. The molecule has 11 nitrogen and oxygen atoms in total. The standard InChI is InChI=1S/C20H26N6O5/c1-25-15(3-12(24-25)9-30-2)18(27)21-17-5-14(22-23-17)16-4-13(10-31-16)26(19(28)29)20-6-11(7-20)8-20/h3,5,11,13,16H,4,6-10H2,1-2H3,(H,28,29)(H2,21,22,23,27)/t11?,13-,16-,20?/m0/s1. The zero-order chi connectivity index (χ0) is 21.8. The minimum absolute atomic E-state index is 0.168. The fourth-order valence-corrected chi connectivity index (χ4v) is 5.18. The van der Waals surface area contributed by atoms with Crippen molar-refractivity contribution in [1.82, 2.24) is 24.9 Å². The van der Waals surface area contributed by atoms with Crippen molar-refractivity contribution in [2.45, 2.75) is 50.0 Å². The third kappa shape index (κ3) is 3.37. The van der Waals surface area contributed by atoms with Crippen molar-refractivity contribution < 1.29 is 24.2 Å². The summed E-state index contributed by atoms with van der Waals surface area (Å²) >= 11 is 0. The van der Waals surface area contributed by atoms with Crippen molar-refractivity contribution in [2.75, 3.05) is 19.0 Å². The fraction of sp³-hybridized carbons (Fsp3) is 0.600. The number of ether oxygens (including phenoxy) is 2. The van der Waals surface area contributed by atoms with Gasteiger partial charge >= 0.3 is 6.09 Å². The van der Waals surface area contributed by atoms with Crippen molar-refractivity contribution in [2.24, 2.45) is 13.0 Å². The van der Waals surface area contributed by atoms with Gasteiger partial charge in [-0.2, -0.15) is 10.2 Å². The smallest absolute Gasteiger partial charge is 0.408 e. The van der Waals surface area contributed by atoms with Crippen LogP contribution < -0.4 is 5.32 Å². The van der Waals surface area contributed by atoms with Crippen LogP contribution in [-0.4, -0.2) is 67.3 Å². The van der Waals surface area contributed by atoms with Gasteiger partial charge in [0.15, 0.2) is 5.82 Å². The van der Waals surface area contributed by atoms with E-state index in [9.17, 15) is 14.7 Å². The minimum Gasteiger partial charge on any atom is -0.465 e. The average molecular weight is 430 g/mol. The molecule has 6 rings (SSSR count). The van der Waals surface area contributed by atoms with Crippen molar-refractivity contribution in [3.8, 4) is 0 Å². The fourth-order valence-electron chi connectivity index (χ4n) is 5.18. The third-order valence-electron chi connectivity index (χ3n) is 6.71. The Bertz CT molecular complexity index is 999. The van der Waals surface area contributed by atoms with Gasteiger partial charge in [0, 0.05) is 32.2 Å². The zero-order valence-electron chi connectivity index (χ0n) is 17.5. The molecule has 0 spiro atoms. The summed E-state index contributed by atoms with van der Waals surface area (Å²) in [5.74, 6) is 0.737. The molecule has 3 aliphatic carbocycles. The number of carboxylic acid groups (broad SMARTS) is 1. The zero-order valence-corrected chi connectivity index (χ0v) is 17.5. The van der Waals surface area contributed by atoms with Gasteiger partial charge in [0.2, 0.25) is 0 Å². The number of nitrogens with zero attached hydrogens (tertiary/aromatic N) is 4. The second-order valence-electron chi connectivity index (χ2n) is 8.81. The van der Waals surface area contributed by atoms with E-state index in [0.29, 0.717) is 48.5 Å². The van der Waals surface area contributed by atoms with E-state index in [1.807, 2.05) is 0 Å². The predicted octanol–water partition coefficient (Wildman–Crippen LogP) is 1.90. The van der Waals surface area contributed by atoms with E-state index in [4.69, 9.17) is 9.47 Å². The third-order valence-corrected chi connectivity index (χ3v) is 6.71. The first-order valence-electron chi connectivity index (χ1n) is 10.4. The highest BCUT2D eigenvalue weighted by molar-refractivity contribution is 6.02. The van der Waals surface area contributed by atoms with Crippen LogP contribution in [-0.2, 0) is 23.1 Å². The molecule has 3 saturated carbocycles. The van der Waals surface area contributed by atoms with Crippen LogP contribution >= 0.6 is 0 Å². The number of aromatic amines is 1. The SMILES string of the molecule is COCc1cc(C(=O)Nc2cc([C@@H]3C[C@H](N(C(=O)O)C45CC(C4)C5)CO3)[nH]n2)n(C)n1. The maximum Gasteiger partial charge on any atom is 0.408 e. The van der Waals surface area contributed by atoms with Gasteiger partial charge in [-0.25, -0.2) is 4.79 Å². The number of nitrogens with one attached hydrogen (secondary N) is 2. The first-order chi connectivity index (χ1) is 14.9. The first kappa shape index (κ1) is 20.0. The summed E-state index contributed by atoms with van der Waals surface area (Å²) in [4.78, 5) is 26.1. The molecular weight excluding hydrogens is 404 g/mol. The Kier molecular flexibility index (Phi) is 4.74. The van der Waals surface area contributed by atoms with Crippen LogP contribution in [0.4, 0.5) is 10.6 Å².